The van der Waals surface area contributed by atoms with Crippen LogP contribution in [0.5, 0.6) is 0 Å². The van der Waals surface area contributed by atoms with E-state index in [2.05, 4.69) is 14.6 Å². The molecule has 3 rings (SSSR count). The van der Waals surface area contributed by atoms with Crippen molar-refractivity contribution in [3.63, 3.8) is 0 Å². The van der Waals surface area contributed by atoms with Crippen molar-refractivity contribution in [2.45, 2.75) is 30.6 Å². The van der Waals surface area contributed by atoms with E-state index < -0.39 is 25.9 Å². The lowest BCUT2D eigenvalue weighted by atomic mass is 10.2. The molecule has 0 aliphatic carbocycles. The summed E-state index contributed by atoms with van der Waals surface area (Å²) in [5.41, 5.74) is 1.52. The second-order valence-electron chi connectivity index (χ2n) is 6.37. The minimum atomic E-state index is -3.97. The minimum absolute atomic E-state index is 0.0130. The maximum absolute atomic E-state index is 13.2. The SMILES string of the molecule is Cc1cc(F)ccc1S(=O)(=O)Nc1ccc(S(=O)(=O)Nc2onc(C)c2C)cc1. The van der Waals surface area contributed by atoms with E-state index in [-0.39, 0.29) is 26.9 Å². The third-order valence-electron chi connectivity index (χ3n) is 4.23. The Balaban J connectivity index is 1.81. The van der Waals surface area contributed by atoms with Crippen molar-refractivity contribution in [2.24, 2.45) is 0 Å². The number of rotatable bonds is 6. The molecule has 0 bridgehead atoms. The fourth-order valence-electron chi connectivity index (χ4n) is 2.52. The van der Waals surface area contributed by atoms with Gasteiger partial charge in [-0.05, 0) is 68.8 Å². The highest BCUT2D eigenvalue weighted by atomic mass is 32.2. The van der Waals surface area contributed by atoms with Crippen LogP contribution in [0.4, 0.5) is 16.0 Å². The maximum atomic E-state index is 13.2. The highest BCUT2D eigenvalue weighted by Crippen LogP contribution is 2.24. The normalized spacial score (nSPS) is 12.0. The molecule has 0 spiro atoms. The Morgan fingerprint density at radius 1 is 0.897 bits per heavy atom. The van der Waals surface area contributed by atoms with Crippen molar-refractivity contribution in [1.29, 1.82) is 0 Å². The number of sulfonamides is 2. The molecular formula is C18H18FN3O5S2. The summed E-state index contributed by atoms with van der Waals surface area (Å²) in [5, 5.41) is 3.69. The highest BCUT2D eigenvalue weighted by Gasteiger charge is 2.21. The number of nitrogens with one attached hydrogen (secondary N) is 2. The first-order valence-electron chi connectivity index (χ1n) is 8.34. The molecule has 8 nitrogen and oxygen atoms in total. The Bertz CT molecular complexity index is 1270. The Labute approximate surface area is 167 Å². The summed E-state index contributed by atoms with van der Waals surface area (Å²) in [7, 11) is -7.91. The summed E-state index contributed by atoms with van der Waals surface area (Å²) >= 11 is 0. The number of anilines is 2. The van der Waals surface area contributed by atoms with Crippen LogP contribution in [-0.4, -0.2) is 22.0 Å². The molecule has 1 aromatic heterocycles. The van der Waals surface area contributed by atoms with Crippen LogP contribution >= 0.6 is 0 Å². The number of nitrogens with zero attached hydrogens (tertiary/aromatic N) is 1. The molecule has 2 N–H and O–H groups in total. The second kappa shape index (κ2) is 7.48. The zero-order valence-electron chi connectivity index (χ0n) is 15.7. The van der Waals surface area contributed by atoms with Crippen molar-refractivity contribution in [3.05, 3.63) is 65.1 Å². The molecule has 154 valence electrons. The monoisotopic (exact) mass is 439 g/mol. The van der Waals surface area contributed by atoms with Gasteiger partial charge in [-0.25, -0.2) is 25.9 Å². The van der Waals surface area contributed by atoms with Crippen LogP contribution in [0, 0.1) is 26.6 Å². The summed E-state index contributed by atoms with van der Waals surface area (Å²) in [6.45, 7) is 4.82. The quantitative estimate of drug-likeness (QED) is 0.608. The summed E-state index contributed by atoms with van der Waals surface area (Å²) < 4.78 is 72.8. The van der Waals surface area contributed by atoms with E-state index in [1.165, 1.54) is 31.2 Å². The average molecular weight is 439 g/mol. The lowest BCUT2D eigenvalue weighted by molar-refractivity contribution is 0.430. The van der Waals surface area contributed by atoms with Crippen LogP contribution in [0.25, 0.3) is 0 Å². The summed E-state index contributed by atoms with van der Waals surface area (Å²) in [6, 6.07) is 8.44. The van der Waals surface area contributed by atoms with E-state index in [0.29, 0.717) is 11.3 Å². The Morgan fingerprint density at radius 2 is 1.55 bits per heavy atom. The van der Waals surface area contributed by atoms with Crippen LogP contribution in [0.3, 0.4) is 0 Å². The summed E-state index contributed by atoms with van der Waals surface area (Å²) in [6.07, 6.45) is 0. The van der Waals surface area contributed by atoms with Gasteiger partial charge in [-0.1, -0.05) is 5.16 Å². The van der Waals surface area contributed by atoms with Gasteiger partial charge in [0.25, 0.3) is 20.0 Å². The molecule has 11 heteroatoms. The fourth-order valence-corrected chi connectivity index (χ4v) is 4.85. The topological polar surface area (TPSA) is 118 Å². The number of aryl methyl sites for hydroxylation is 2. The molecule has 0 atom stereocenters. The van der Waals surface area contributed by atoms with Gasteiger partial charge in [0.1, 0.15) is 5.82 Å². The largest absolute Gasteiger partial charge is 0.337 e. The molecule has 0 unspecified atom stereocenters. The van der Waals surface area contributed by atoms with Gasteiger partial charge in [-0.2, -0.15) is 0 Å². The third kappa shape index (κ3) is 4.40. The molecule has 2 aromatic carbocycles. The number of aromatic nitrogens is 1. The number of hydrogen-bond donors (Lipinski definition) is 2. The van der Waals surface area contributed by atoms with E-state index >= 15 is 0 Å². The molecule has 1 heterocycles. The van der Waals surface area contributed by atoms with Crippen molar-refractivity contribution >= 4 is 31.6 Å². The van der Waals surface area contributed by atoms with Gasteiger partial charge in [0.15, 0.2) is 0 Å². The molecule has 3 aromatic rings. The van der Waals surface area contributed by atoms with Crippen LogP contribution in [0.15, 0.2) is 56.8 Å². The van der Waals surface area contributed by atoms with Gasteiger partial charge in [-0.3, -0.25) is 4.72 Å². The predicted molar refractivity (Wildman–Crippen MR) is 105 cm³/mol. The number of hydrogen-bond acceptors (Lipinski definition) is 6. The molecule has 0 aliphatic heterocycles. The van der Waals surface area contributed by atoms with Gasteiger partial charge in [-0.15, -0.1) is 0 Å². The van der Waals surface area contributed by atoms with Gasteiger partial charge < -0.3 is 4.52 Å². The first-order chi connectivity index (χ1) is 13.5. The van der Waals surface area contributed by atoms with E-state index in [0.717, 1.165) is 18.2 Å². The zero-order chi connectivity index (χ0) is 21.4. The number of halogens is 1. The standard InChI is InChI=1S/C18H18FN3O5S2/c1-11-10-14(19)4-9-17(11)29(25,26)21-15-5-7-16(8-6-15)28(23,24)22-18-12(2)13(3)20-27-18/h4-10,21-22H,1-3H3. The molecule has 0 saturated carbocycles. The zero-order valence-corrected chi connectivity index (χ0v) is 17.4. The molecule has 0 radical (unpaired) electrons. The summed E-state index contributed by atoms with van der Waals surface area (Å²) in [5.74, 6) is -0.528. The van der Waals surface area contributed by atoms with E-state index in [4.69, 9.17) is 4.52 Å². The van der Waals surface area contributed by atoms with E-state index in [1.54, 1.807) is 13.8 Å². The molecular weight excluding hydrogens is 421 g/mol. The first-order valence-corrected chi connectivity index (χ1v) is 11.3. The summed E-state index contributed by atoms with van der Waals surface area (Å²) in [4.78, 5) is -0.166. The lowest BCUT2D eigenvalue weighted by Crippen LogP contribution is -2.15. The minimum Gasteiger partial charge on any atom is -0.337 e. The smallest absolute Gasteiger partial charge is 0.264 e. The Morgan fingerprint density at radius 3 is 2.10 bits per heavy atom. The highest BCUT2D eigenvalue weighted by molar-refractivity contribution is 7.93. The van der Waals surface area contributed by atoms with Gasteiger partial charge >= 0.3 is 0 Å². The predicted octanol–water partition coefficient (Wildman–Crippen LogP) is 3.34. The van der Waals surface area contributed by atoms with Gasteiger partial charge in [0, 0.05) is 11.3 Å². The van der Waals surface area contributed by atoms with Crippen molar-refractivity contribution in [2.75, 3.05) is 9.44 Å². The molecule has 0 fully saturated rings. The molecule has 0 amide bonds. The third-order valence-corrected chi connectivity index (χ3v) is 7.12. The first kappa shape index (κ1) is 20.8. The van der Waals surface area contributed by atoms with Gasteiger partial charge in [0.05, 0.1) is 15.5 Å². The number of benzene rings is 2. The van der Waals surface area contributed by atoms with Crippen molar-refractivity contribution in [3.8, 4) is 0 Å². The second-order valence-corrected chi connectivity index (χ2v) is 9.70. The van der Waals surface area contributed by atoms with Crippen LogP contribution in [0.1, 0.15) is 16.8 Å². The Kier molecular flexibility index (Phi) is 5.37. The van der Waals surface area contributed by atoms with Crippen molar-refractivity contribution in [1.82, 2.24) is 5.16 Å². The Hall–Kier alpha value is -2.92. The molecule has 29 heavy (non-hydrogen) atoms. The van der Waals surface area contributed by atoms with Crippen LogP contribution in [0.2, 0.25) is 0 Å². The van der Waals surface area contributed by atoms with Crippen LogP contribution < -0.4 is 9.44 Å². The molecule has 0 aliphatic rings. The van der Waals surface area contributed by atoms with E-state index in [9.17, 15) is 21.2 Å². The molecule has 0 saturated heterocycles. The van der Waals surface area contributed by atoms with Gasteiger partial charge in [0.2, 0.25) is 5.88 Å². The van der Waals surface area contributed by atoms with Crippen LogP contribution in [-0.2, 0) is 20.0 Å². The maximum Gasteiger partial charge on any atom is 0.264 e. The fraction of sp³-hybridized carbons (Fsp3) is 0.167. The lowest BCUT2D eigenvalue weighted by Gasteiger charge is -2.11. The average Bonchev–Trinajstić information content (AvgIpc) is 2.93. The van der Waals surface area contributed by atoms with Crippen molar-refractivity contribution < 1.29 is 25.7 Å². The van der Waals surface area contributed by atoms with E-state index in [1.807, 2.05) is 0 Å².